The maximum atomic E-state index is 12.6. The number of carbonyl (C=O) groups excluding carboxylic acids is 2. The molecule has 1 aromatic carbocycles. The van der Waals surface area contributed by atoms with Crippen molar-refractivity contribution in [2.45, 2.75) is 26.4 Å². The molecule has 1 aliphatic rings. The van der Waals surface area contributed by atoms with Gasteiger partial charge in [0.1, 0.15) is 5.01 Å². The molecule has 0 spiro atoms. The van der Waals surface area contributed by atoms with Crippen molar-refractivity contribution in [3.05, 3.63) is 70.3 Å². The van der Waals surface area contributed by atoms with E-state index in [4.69, 9.17) is 0 Å². The van der Waals surface area contributed by atoms with Gasteiger partial charge in [-0.3, -0.25) is 14.6 Å². The van der Waals surface area contributed by atoms with Gasteiger partial charge >= 0.3 is 0 Å². The third kappa shape index (κ3) is 4.68. The summed E-state index contributed by atoms with van der Waals surface area (Å²) >= 11 is 1.51. The molecule has 0 radical (unpaired) electrons. The molecule has 1 fully saturated rings. The fourth-order valence-electron chi connectivity index (χ4n) is 3.37. The Kier molecular flexibility index (Phi) is 5.67. The van der Waals surface area contributed by atoms with Crippen LogP contribution in [0.5, 0.6) is 0 Å². The molecule has 1 aliphatic heterocycles. The van der Waals surface area contributed by atoms with Gasteiger partial charge in [-0.15, -0.1) is 11.3 Å². The summed E-state index contributed by atoms with van der Waals surface area (Å²) < 4.78 is 0. The van der Waals surface area contributed by atoms with E-state index >= 15 is 0 Å². The fourth-order valence-corrected chi connectivity index (χ4v) is 4.11. The topological polar surface area (TPSA) is 75.2 Å². The summed E-state index contributed by atoms with van der Waals surface area (Å²) in [5, 5.41) is 5.75. The van der Waals surface area contributed by atoms with Crippen molar-refractivity contribution in [2.75, 3.05) is 6.54 Å². The van der Waals surface area contributed by atoms with E-state index in [0.29, 0.717) is 19.6 Å². The van der Waals surface area contributed by atoms with Gasteiger partial charge in [0.25, 0.3) is 0 Å². The van der Waals surface area contributed by atoms with Gasteiger partial charge < -0.3 is 10.2 Å². The largest absolute Gasteiger partial charge is 0.349 e. The van der Waals surface area contributed by atoms with Crippen LogP contribution in [0, 0.1) is 12.8 Å². The normalized spacial score (nSPS) is 16.2. The number of amides is 2. The van der Waals surface area contributed by atoms with Gasteiger partial charge in [-0.25, -0.2) is 4.98 Å². The van der Waals surface area contributed by atoms with Gasteiger partial charge in [0.15, 0.2) is 0 Å². The van der Waals surface area contributed by atoms with Crippen molar-refractivity contribution in [1.82, 2.24) is 20.2 Å². The Balaban J connectivity index is 1.31. The van der Waals surface area contributed by atoms with Gasteiger partial charge in [0, 0.05) is 42.8 Å². The second-order valence-corrected chi connectivity index (χ2v) is 8.18. The highest BCUT2D eigenvalue weighted by molar-refractivity contribution is 7.09. The first-order valence-corrected chi connectivity index (χ1v) is 10.4. The average molecular weight is 407 g/mol. The molecule has 6 nitrogen and oxygen atoms in total. The van der Waals surface area contributed by atoms with Gasteiger partial charge in [-0.1, -0.05) is 29.8 Å². The SMILES string of the molecule is Cc1ccc(CN2CC(C(=O)NCc3nc(-c4ccncc4)cs3)CC2=O)cc1. The lowest BCUT2D eigenvalue weighted by Gasteiger charge is -2.16. The molecule has 2 amide bonds. The van der Waals surface area contributed by atoms with Crippen LogP contribution in [0.4, 0.5) is 0 Å². The van der Waals surface area contributed by atoms with E-state index in [2.05, 4.69) is 15.3 Å². The number of hydrogen-bond donors (Lipinski definition) is 1. The standard InChI is InChI=1S/C22H22N4O2S/c1-15-2-4-16(5-3-15)12-26-13-18(10-21(26)27)22(28)24-11-20-25-19(14-29-20)17-6-8-23-9-7-17/h2-9,14,18H,10-13H2,1H3,(H,24,28). The molecular formula is C22H22N4O2S. The number of benzene rings is 1. The van der Waals surface area contributed by atoms with Crippen LogP contribution >= 0.6 is 11.3 Å². The number of hydrogen-bond acceptors (Lipinski definition) is 5. The van der Waals surface area contributed by atoms with Crippen LogP contribution < -0.4 is 5.32 Å². The number of aromatic nitrogens is 2. The van der Waals surface area contributed by atoms with Gasteiger partial charge in [0.2, 0.25) is 11.8 Å². The highest BCUT2D eigenvalue weighted by Gasteiger charge is 2.34. The third-order valence-corrected chi connectivity index (χ3v) is 5.87. The van der Waals surface area contributed by atoms with Crippen molar-refractivity contribution in [3.8, 4) is 11.3 Å². The summed E-state index contributed by atoms with van der Waals surface area (Å²) in [6.45, 7) is 3.41. The third-order valence-electron chi connectivity index (χ3n) is 5.02. The Morgan fingerprint density at radius 2 is 1.97 bits per heavy atom. The molecule has 2 aromatic heterocycles. The van der Waals surface area contributed by atoms with Crippen molar-refractivity contribution >= 4 is 23.2 Å². The molecule has 3 aromatic rings. The number of rotatable bonds is 6. The quantitative estimate of drug-likeness (QED) is 0.682. The Labute approximate surface area is 173 Å². The maximum Gasteiger partial charge on any atom is 0.225 e. The second-order valence-electron chi connectivity index (χ2n) is 7.24. The number of nitrogens with zero attached hydrogens (tertiary/aromatic N) is 3. The van der Waals surface area contributed by atoms with Crippen LogP contribution in [0.25, 0.3) is 11.3 Å². The Morgan fingerprint density at radius 1 is 1.21 bits per heavy atom. The first kappa shape index (κ1) is 19.3. The minimum absolute atomic E-state index is 0.0277. The lowest BCUT2D eigenvalue weighted by Crippen LogP contribution is -2.32. The number of aryl methyl sites for hydroxylation is 1. The summed E-state index contributed by atoms with van der Waals surface area (Å²) in [7, 11) is 0. The zero-order chi connectivity index (χ0) is 20.2. The number of nitrogens with one attached hydrogen (secondary N) is 1. The predicted molar refractivity (Wildman–Crippen MR) is 112 cm³/mol. The van der Waals surface area contributed by atoms with Crippen LogP contribution in [-0.2, 0) is 22.7 Å². The molecule has 29 heavy (non-hydrogen) atoms. The highest BCUT2D eigenvalue weighted by Crippen LogP contribution is 2.23. The van der Waals surface area contributed by atoms with E-state index in [1.54, 1.807) is 17.3 Å². The van der Waals surface area contributed by atoms with Crippen LogP contribution in [0.1, 0.15) is 22.6 Å². The molecule has 4 rings (SSSR count). The van der Waals surface area contributed by atoms with Gasteiger partial charge in [-0.2, -0.15) is 0 Å². The molecular weight excluding hydrogens is 384 g/mol. The highest BCUT2D eigenvalue weighted by atomic mass is 32.1. The van der Waals surface area contributed by atoms with E-state index in [0.717, 1.165) is 21.8 Å². The van der Waals surface area contributed by atoms with Gasteiger partial charge in [-0.05, 0) is 24.6 Å². The second kappa shape index (κ2) is 8.53. The number of carbonyl (C=O) groups is 2. The summed E-state index contributed by atoms with van der Waals surface area (Å²) in [4.78, 5) is 35.2. The summed E-state index contributed by atoms with van der Waals surface area (Å²) in [6.07, 6.45) is 3.73. The Morgan fingerprint density at radius 3 is 2.72 bits per heavy atom. The summed E-state index contributed by atoms with van der Waals surface area (Å²) in [5.41, 5.74) is 4.15. The van der Waals surface area contributed by atoms with Crippen LogP contribution in [-0.4, -0.2) is 33.2 Å². The van der Waals surface area contributed by atoms with E-state index in [-0.39, 0.29) is 24.2 Å². The molecule has 3 heterocycles. The van der Waals surface area contributed by atoms with Crippen molar-refractivity contribution < 1.29 is 9.59 Å². The summed E-state index contributed by atoms with van der Waals surface area (Å²) in [5.74, 6) is -0.377. The lowest BCUT2D eigenvalue weighted by molar-refractivity contribution is -0.129. The lowest BCUT2D eigenvalue weighted by atomic mass is 10.1. The monoisotopic (exact) mass is 406 g/mol. The minimum Gasteiger partial charge on any atom is -0.349 e. The van der Waals surface area contributed by atoms with Crippen molar-refractivity contribution in [2.24, 2.45) is 5.92 Å². The molecule has 1 N–H and O–H groups in total. The average Bonchev–Trinajstić information content (AvgIpc) is 3.36. The van der Waals surface area contributed by atoms with Crippen molar-refractivity contribution in [3.63, 3.8) is 0 Å². The molecule has 0 saturated carbocycles. The molecule has 1 saturated heterocycles. The molecule has 7 heteroatoms. The Hall–Kier alpha value is -3.06. The summed E-state index contributed by atoms with van der Waals surface area (Å²) in [6, 6.07) is 11.9. The van der Waals surface area contributed by atoms with E-state index in [1.165, 1.54) is 16.9 Å². The minimum atomic E-state index is -0.312. The van der Waals surface area contributed by atoms with E-state index < -0.39 is 0 Å². The van der Waals surface area contributed by atoms with Crippen LogP contribution in [0.3, 0.4) is 0 Å². The Bertz CT molecular complexity index is 1000. The van der Waals surface area contributed by atoms with E-state index in [1.807, 2.05) is 48.7 Å². The molecule has 148 valence electrons. The molecule has 0 bridgehead atoms. The van der Waals surface area contributed by atoms with Crippen molar-refractivity contribution in [1.29, 1.82) is 0 Å². The number of pyridine rings is 1. The molecule has 1 unspecified atom stereocenters. The maximum absolute atomic E-state index is 12.6. The van der Waals surface area contributed by atoms with Crippen LogP contribution in [0.2, 0.25) is 0 Å². The molecule has 1 atom stereocenters. The zero-order valence-corrected chi connectivity index (χ0v) is 17.0. The molecule has 0 aliphatic carbocycles. The first-order chi connectivity index (χ1) is 14.1. The number of thiazole rings is 1. The van der Waals surface area contributed by atoms with Crippen LogP contribution in [0.15, 0.2) is 54.2 Å². The predicted octanol–water partition coefficient (Wildman–Crippen LogP) is 3.18. The zero-order valence-electron chi connectivity index (χ0n) is 16.2. The van der Waals surface area contributed by atoms with E-state index in [9.17, 15) is 9.59 Å². The number of likely N-dealkylation sites (tertiary alicyclic amines) is 1. The smallest absolute Gasteiger partial charge is 0.225 e. The fraction of sp³-hybridized carbons (Fsp3) is 0.273. The first-order valence-electron chi connectivity index (χ1n) is 9.54. The van der Waals surface area contributed by atoms with Gasteiger partial charge in [0.05, 0.1) is 18.2 Å².